The number of allylic oxidation sites excluding steroid dienone is 2. The van der Waals surface area contributed by atoms with E-state index in [1.54, 1.807) is 0 Å². The van der Waals surface area contributed by atoms with Crippen molar-refractivity contribution in [3.05, 3.63) is 12.2 Å². The standard InChI is InChI=1S/C30H54O12/c1-2-3-4-5-6-7-8-9-10-11-12-13-14-15-16-17-22(32)39-19-21-23(33)24(34)27(37)30(41-21)42-28-20(18-31)40-29(38)26(36)25(28)35/h9-10,20-21,23-31,33-38H,2-8,11-19H2,1H3/b10-9-/t20-,21-,23+,24+,25-,26-,27-,28-,29+,30+/m1/s1. The molecule has 0 spiro atoms. The molecule has 2 fully saturated rings. The molecule has 42 heavy (non-hydrogen) atoms. The number of aliphatic hydroxyl groups excluding tert-OH is 7. The lowest BCUT2D eigenvalue weighted by Crippen LogP contribution is -2.64. The number of aliphatic hydroxyl groups is 7. The highest BCUT2D eigenvalue weighted by atomic mass is 16.7. The third-order valence-electron chi connectivity index (χ3n) is 7.85. The maximum atomic E-state index is 12.2. The summed E-state index contributed by atoms with van der Waals surface area (Å²) in [5.74, 6) is -0.491. The van der Waals surface area contributed by atoms with Crippen molar-refractivity contribution in [2.24, 2.45) is 0 Å². The molecule has 0 amide bonds. The van der Waals surface area contributed by atoms with Crippen LogP contribution in [0.1, 0.15) is 96.8 Å². The van der Waals surface area contributed by atoms with Crippen LogP contribution in [0.4, 0.5) is 0 Å². The van der Waals surface area contributed by atoms with E-state index in [4.69, 9.17) is 18.9 Å². The third-order valence-corrected chi connectivity index (χ3v) is 7.85. The van der Waals surface area contributed by atoms with E-state index in [1.807, 2.05) is 0 Å². The summed E-state index contributed by atoms with van der Waals surface area (Å²) < 4.78 is 21.2. The Labute approximate surface area is 249 Å². The maximum absolute atomic E-state index is 12.2. The predicted octanol–water partition coefficient (Wildman–Crippen LogP) is 1.19. The highest BCUT2D eigenvalue weighted by Gasteiger charge is 2.50. The summed E-state index contributed by atoms with van der Waals surface area (Å²) >= 11 is 0. The Morgan fingerprint density at radius 3 is 1.90 bits per heavy atom. The molecule has 12 heteroatoms. The zero-order chi connectivity index (χ0) is 30.9. The van der Waals surface area contributed by atoms with Gasteiger partial charge in [-0.15, -0.1) is 0 Å². The zero-order valence-corrected chi connectivity index (χ0v) is 24.9. The summed E-state index contributed by atoms with van der Waals surface area (Å²) in [5, 5.41) is 70.2. The Kier molecular flexibility index (Phi) is 18.2. The summed E-state index contributed by atoms with van der Waals surface area (Å²) in [6.07, 6.45) is 3.67. The lowest BCUT2D eigenvalue weighted by molar-refractivity contribution is -0.355. The molecule has 0 aromatic carbocycles. The van der Waals surface area contributed by atoms with Crippen LogP contribution in [0.5, 0.6) is 0 Å². The molecule has 2 aliphatic heterocycles. The molecular formula is C30H54O12. The third kappa shape index (κ3) is 12.4. The summed E-state index contributed by atoms with van der Waals surface area (Å²) in [4.78, 5) is 12.2. The van der Waals surface area contributed by atoms with Crippen molar-refractivity contribution < 1.29 is 59.5 Å². The van der Waals surface area contributed by atoms with Crippen molar-refractivity contribution >= 4 is 5.97 Å². The average molecular weight is 607 g/mol. The molecular weight excluding hydrogens is 552 g/mol. The van der Waals surface area contributed by atoms with Gasteiger partial charge in [-0.25, -0.2) is 0 Å². The van der Waals surface area contributed by atoms with Crippen LogP contribution < -0.4 is 0 Å². The number of carbonyl (C=O) groups excluding carboxylic acids is 1. The summed E-state index contributed by atoms with van der Waals surface area (Å²) in [6, 6.07) is 0. The molecule has 7 N–H and O–H groups in total. The first-order chi connectivity index (χ1) is 20.2. The molecule has 246 valence electrons. The van der Waals surface area contributed by atoms with Crippen molar-refractivity contribution in [1.82, 2.24) is 0 Å². The quantitative estimate of drug-likeness (QED) is 0.0595. The number of carbonyl (C=O) groups is 1. The first-order valence-corrected chi connectivity index (χ1v) is 15.7. The Bertz CT molecular complexity index is 750. The lowest BCUT2D eigenvalue weighted by Gasteiger charge is -2.45. The van der Waals surface area contributed by atoms with E-state index < -0.39 is 80.6 Å². The van der Waals surface area contributed by atoms with E-state index in [1.165, 1.54) is 38.5 Å². The first kappa shape index (κ1) is 37.0. The molecule has 2 heterocycles. The van der Waals surface area contributed by atoms with Crippen molar-refractivity contribution in [3.8, 4) is 0 Å². The zero-order valence-electron chi connectivity index (χ0n) is 24.9. The van der Waals surface area contributed by atoms with Crippen LogP contribution >= 0.6 is 0 Å². The van der Waals surface area contributed by atoms with E-state index in [2.05, 4.69) is 19.1 Å². The van der Waals surface area contributed by atoms with Gasteiger partial charge in [-0.05, 0) is 32.1 Å². The van der Waals surface area contributed by atoms with E-state index in [9.17, 15) is 40.5 Å². The fraction of sp³-hybridized carbons (Fsp3) is 0.900. The molecule has 2 saturated heterocycles. The van der Waals surface area contributed by atoms with E-state index >= 15 is 0 Å². The second-order valence-corrected chi connectivity index (χ2v) is 11.4. The molecule has 0 saturated carbocycles. The van der Waals surface area contributed by atoms with Gasteiger partial charge in [-0.2, -0.15) is 0 Å². The van der Waals surface area contributed by atoms with Crippen LogP contribution in [0.2, 0.25) is 0 Å². The van der Waals surface area contributed by atoms with Gasteiger partial charge in [0.2, 0.25) is 0 Å². The number of hydrogen-bond acceptors (Lipinski definition) is 12. The van der Waals surface area contributed by atoms with Gasteiger partial charge in [0.05, 0.1) is 6.61 Å². The van der Waals surface area contributed by atoms with Crippen LogP contribution in [-0.4, -0.2) is 116 Å². The molecule has 2 rings (SSSR count). The van der Waals surface area contributed by atoms with E-state index in [0.717, 1.165) is 38.5 Å². The van der Waals surface area contributed by atoms with Crippen LogP contribution in [0.3, 0.4) is 0 Å². The van der Waals surface area contributed by atoms with Gasteiger partial charge in [0.25, 0.3) is 0 Å². The highest BCUT2D eigenvalue weighted by molar-refractivity contribution is 5.69. The van der Waals surface area contributed by atoms with Gasteiger partial charge in [0.1, 0.15) is 55.4 Å². The van der Waals surface area contributed by atoms with Crippen LogP contribution in [-0.2, 0) is 23.7 Å². The Morgan fingerprint density at radius 1 is 0.690 bits per heavy atom. The minimum atomic E-state index is -1.77. The number of unbranched alkanes of at least 4 members (excludes halogenated alkanes) is 11. The first-order valence-electron chi connectivity index (χ1n) is 15.7. The predicted molar refractivity (Wildman–Crippen MR) is 152 cm³/mol. The van der Waals surface area contributed by atoms with E-state index in [0.29, 0.717) is 6.42 Å². The fourth-order valence-corrected chi connectivity index (χ4v) is 5.14. The molecule has 10 atom stereocenters. The molecule has 12 nitrogen and oxygen atoms in total. The molecule has 0 unspecified atom stereocenters. The van der Waals surface area contributed by atoms with Gasteiger partial charge in [0, 0.05) is 6.42 Å². The van der Waals surface area contributed by atoms with Crippen LogP contribution in [0.25, 0.3) is 0 Å². The second kappa shape index (κ2) is 20.7. The molecule has 0 aromatic heterocycles. The highest BCUT2D eigenvalue weighted by Crippen LogP contribution is 2.29. The Morgan fingerprint density at radius 2 is 1.29 bits per heavy atom. The molecule has 0 bridgehead atoms. The average Bonchev–Trinajstić information content (AvgIpc) is 2.98. The minimum Gasteiger partial charge on any atom is -0.463 e. The van der Waals surface area contributed by atoms with E-state index in [-0.39, 0.29) is 6.42 Å². The molecule has 0 aliphatic carbocycles. The van der Waals surface area contributed by atoms with Crippen LogP contribution in [0, 0.1) is 0 Å². The number of ether oxygens (including phenoxy) is 4. The number of hydrogen-bond donors (Lipinski definition) is 7. The maximum Gasteiger partial charge on any atom is 0.305 e. The normalized spacial score (nSPS) is 33.7. The van der Waals surface area contributed by atoms with Gasteiger partial charge in [0.15, 0.2) is 12.6 Å². The lowest BCUT2D eigenvalue weighted by atomic mass is 9.97. The minimum absolute atomic E-state index is 0.191. The summed E-state index contributed by atoms with van der Waals surface area (Å²) in [7, 11) is 0. The summed E-state index contributed by atoms with van der Waals surface area (Å²) in [5.41, 5.74) is 0. The van der Waals surface area contributed by atoms with Crippen molar-refractivity contribution in [1.29, 1.82) is 0 Å². The largest absolute Gasteiger partial charge is 0.463 e. The van der Waals surface area contributed by atoms with Crippen molar-refractivity contribution in [2.45, 2.75) is 158 Å². The van der Waals surface area contributed by atoms with Crippen molar-refractivity contribution in [2.75, 3.05) is 13.2 Å². The summed E-state index contributed by atoms with van der Waals surface area (Å²) in [6.45, 7) is 1.12. The van der Waals surface area contributed by atoms with Crippen molar-refractivity contribution in [3.63, 3.8) is 0 Å². The SMILES string of the molecule is CCCCCCCC/C=C\CCCCCCCC(=O)OC[C@H]1O[C@@H](O[C@H]2[C@H](O)[C@@H](O)[C@@H](O)O[C@@H]2CO)[C@H](O)[C@@H](O)[C@H]1O. The molecule has 0 aromatic rings. The number of esters is 1. The van der Waals surface area contributed by atoms with Gasteiger partial charge >= 0.3 is 5.97 Å². The Balaban J connectivity index is 1.62. The Hall–Kier alpha value is -1.19. The number of rotatable bonds is 20. The second-order valence-electron chi connectivity index (χ2n) is 11.4. The fourth-order valence-electron chi connectivity index (χ4n) is 5.14. The molecule has 2 aliphatic rings. The van der Waals surface area contributed by atoms with Crippen LogP contribution in [0.15, 0.2) is 12.2 Å². The van der Waals surface area contributed by atoms with Gasteiger partial charge < -0.3 is 54.7 Å². The molecule has 0 radical (unpaired) electrons. The van der Waals surface area contributed by atoms with Gasteiger partial charge in [-0.1, -0.05) is 70.4 Å². The smallest absolute Gasteiger partial charge is 0.305 e. The van der Waals surface area contributed by atoms with Gasteiger partial charge in [-0.3, -0.25) is 4.79 Å². The topological polar surface area (TPSA) is 196 Å². The monoisotopic (exact) mass is 606 g/mol.